The van der Waals surface area contributed by atoms with Gasteiger partial charge in [-0.1, -0.05) is 29.8 Å². The number of benzene rings is 2. The van der Waals surface area contributed by atoms with Crippen LogP contribution in [0.5, 0.6) is 0 Å². The van der Waals surface area contributed by atoms with Gasteiger partial charge in [0.2, 0.25) is 5.28 Å². The number of hydrogen-bond acceptors (Lipinski definition) is 4. The van der Waals surface area contributed by atoms with E-state index >= 15 is 0 Å². The summed E-state index contributed by atoms with van der Waals surface area (Å²) in [5.41, 5.74) is 2.14. The van der Waals surface area contributed by atoms with E-state index in [1.165, 1.54) is 10.5 Å². The molecule has 0 saturated heterocycles. The molecule has 2 aromatic carbocycles. The Kier molecular flexibility index (Phi) is 4.80. The molecular weight excluding hydrogens is 314 g/mol. The van der Waals surface area contributed by atoms with Crippen molar-refractivity contribution < 1.29 is 0 Å². The fraction of sp³-hybridized carbons (Fsp3) is 0.176. The molecular formula is C17H16ClN3S. The Hall–Kier alpha value is -1.78. The second-order valence-corrected chi connectivity index (χ2v) is 6.46. The van der Waals surface area contributed by atoms with Gasteiger partial charge in [0, 0.05) is 22.6 Å². The molecule has 1 heterocycles. The minimum atomic E-state index is 0.271. The van der Waals surface area contributed by atoms with E-state index in [9.17, 15) is 0 Å². The molecule has 1 N–H and O–H groups in total. The number of nitrogens with zero attached hydrogens (tertiary/aromatic N) is 2. The van der Waals surface area contributed by atoms with Gasteiger partial charge in [0.15, 0.2) is 0 Å². The third kappa shape index (κ3) is 3.70. The molecule has 3 rings (SSSR count). The van der Waals surface area contributed by atoms with Gasteiger partial charge in [0.05, 0.1) is 5.52 Å². The Labute approximate surface area is 139 Å². The summed E-state index contributed by atoms with van der Waals surface area (Å²) >= 11 is 7.81. The molecule has 112 valence electrons. The Balaban J connectivity index is 1.64. The van der Waals surface area contributed by atoms with Crippen LogP contribution in [0, 0.1) is 6.92 Å². The number of thioether (sulfide) groups is 1. The van der Waals surface area contributed by atoms with E-state index < -0.39 is 0 Å². The first-order valence-corrected chi connectivity index (χ1v) is 8.44. The number of anilines is 1. The Morgan fingerprint density at radius 3 is 2.82 bits per heavy atom. The number of aromatic nitrogens is 2. The fourth-order valence-corrected chi connectivity index (χ4v) is 3.29. The van der Waals surface area contributed by atoms with Crippen molar-refractivity contribution in [3.05, 3.63) is 59.4 Å². The standard InChI is InChI=1S/C17H16ClN3S/c1-12-5-4-6-13(11-12)22-10-9-19-16-14-7-2-3-8-15(14)20-17(18)21-16/h2-8,11H,9-10H2,1H3,(H,19,20,21). The summed E-state index contributed by atoms with van der Waals surface area (Å²) in [6, 6.07) is 16.4. The molecule has 22 heavy (non-hydrogen) atoms. The first kappa shape index (κ1) is 15.1. The van der Waals surface area contributed by atoms with Gasteiger partial charge in [-0.05, 0) is 42.8 Å². The van der Waals surface area contributed by atoms with E-state index in [0.717, 1.165) is 29.0 Å². The van der Waals surface area contributed by atoms with Crippen LogP contribution in [0.4, 0.5) is 5.82 Å². The number of rotatable bonds is 5. The number of nitrogens with one attached hydrogen (secondary N) is 1. The van der Waals surface area contributed by atoms with Gasteiger partial charge in [-0.3, -0.25) is 0 Å². The number of hydrogen-bond donors (Lipinski definition) is 1. The third-order valence-electron chi connectivity index (χ3n) is 3.23. The summed E-state index contributed by atoms with van der Waals surface area (Å²) in [6.07, 6.45) is 0. The van der Waals surface area contributed by atoms with Gasteiger partial charge < -0.3 is 5.32 Å². The summed E-state index contributed by atoms with van der Waals surface area (Å²) in [5, 5.41) is 4.62. The lowest BCUT2D eigenvalue weighted by atomic mass is 10.2. The van der Waals surface area contributed by atoms with Crippen molar-refractivity contribution in [1.82, 2.24) is 9.97 Å². The highest BCUT2D eigenvalue weighted by molar-refractivity contribution is 7.99. The summed E-state index contributed by atoms with van der Waals surface area (Å²) in [6.45, 7) is 2.92. The average molecular weight is 330 g/mol. The van der Waals surface area contributed by atoms with E-state index in [1.807, 2.05) is 36.0 Å². The minimum Gasteiger partial charge on any atom is -0.369 e. The van der Waals surface area contributed by atoms with Crippen molar-refractivity contribution in [3.8, 4) is 0 Å². The Morgan fingerprint density at radius 1 is 1.09 bits per heavy atom. The number of para-hydroxylation sites is 1. The van der Waals surface area contributed by atoms with Crippen LogP contribution < -0.4 is 5.32 Å². The molecule has 0 amide bonds. The van der Waals surface area contributed by atoms with Crippen molar-refractivity contribution in [2.24, 2.45) is 0 Å². The molecule has 1 aromatic heterocycles. The quantitative estimate of drug-likeness (QED) is 0.414. The fourth-order valence-electron chi connectivity index (χ4n) is 2.23. The molecule has 0 aliphatic heterocycles. The van der Waals surface area contributed by atoms with Gasteiger partial charge in [-0.25, -0.2) is 9.97 Å². The highest BCUT2D eigenvalue weighted by Gasteiger charge is 2.05. The zero-order valence-electron chi connectivity index (χ0n) is 12.2. The molecule has 0 aliphatic rings. The number of fused-ring (bicyclic) bond motifs is 1. The summed E-state index contributed by atoms with van der Waals surface area (Å²) in [7, 11) is 0. The van der Waals surface area contributed by atoms with Crippen LogP contribution >= 0.6 is 23.4 Å². The summed E-state index contributed by atoms with van der Waals surface area (Å²) in [4.78, 5) is 9.81. The van der Waals surface area contributed by atoms with Crippen molar-refractivity contribution >= 4 is 40.1 Å². The lowest BCUT2D eigenvalue weighted by molar-refractivity contribution is 1.15. The molecule has 0 bridgehead atoms. The Bertz CT molecular complexity index is 792. The monoisotopic (exact) mass is 329 g/mol. The maximum Gasteiger partial charge on any atom is 0.224 e. The summed E-state index contributed by atoms with van der Waals surface area (Å²) < 4.78 is 0. The predicted octanol–water partition coefficient (Wildman–Crippen LogP) is 4.80. The molecule has 5 heteroatoms. The maximum atomic E-state index is 5.98. The zero-order valence-corrected chi connectivity index (χ0v) is 13.8. The SMILES string of the molecule is Cc1cccc(SCCNc2nc(Cl)nc3ccccc23)c1. The van der Waals surface area contributed by atoms with Crippen LogP contribution in [0.2, 0.25) is 5.28 Å². The molecule has 0 fully saturated rings. The molecule has 0 radical (unpaired) electrons. The maximum absolute atomic E-state index is 5.98. The molecule has 3 nitrogen and oxygen atoms in total. The molecule has 0 saturated carbocycles. The molecule has 0 atom stereocenters. The van der Waals surface area contributed by atoms with Crippen LogP contribution in [-0.4, -0.2) is 22.3 Å². The normalized spacial score (nSPS) is 10.8. The lowest BCUT2D eigenvalue weighted by Gasteiger charge is -2.09. The van der Waals surface area contributed by atoms with Gasteiger partial charge >= 0.3 is 0 Å². The second-order valence-electron chi connectivity index (χ2n) is 4.95. The van der Waals surface area contributed by atoms with Crippen LogP contribution in [0.3, 0.4) is 0 Å². The van der Waals surface area contributed by atoms with Crippen LogP contribution in [0.1, 0.15) is 5.56 Å². The van der Waals surface area contributed by atoms with Gasteiger partial charge in [0.25, 0.3) is 0 Å². The highest BCUT2D eigenvalue weighted by atomic mass is 35.5. The molecule has 0 spiro atoms. The van der Waals surface area contributed by atoms with Crippen molar-refractivity contribution in [2.45, 2.75) is 11.8 Å². The largest absolute Gasteiger partial charge is 0.369 e. The van der Waals surface area contributed by atoms with E-state index in [-0.39, 0.29) is 5.28 Å². The highest BCUT2D eigenvalue weighted by Crippen LogP contribution is 2.22. The number of aryl methyl sites for hydroxylation is 1. The van der Waals surface area contributed by atoms with E-state index in [4.69, 9.17) is 11.6 Å². The van der Waals surface area contributed by atoms with Crippen LogP contribution in [0.25, 0.3) is 10.9 Å². The second kappa shape index (κ2) is 6.99. The first-order valence-electron chi connectivity index (χ1n) is 7.08. The van der Waals surface area contributed by atoms with Gasteiger partial charge in [0.1, 0.15) is 5.82 Å². The lowest BCUT2D eigenvalue weighted by Crippen LogP contribution is -2.07. The van der Waals surface area contributed by atoms with Crippen LogP contribution in [-0.2, 0) is 0 Å². The van der Waals surface area contributed by atoms with E-state index in [1.54, 1.807) is 0 Å². The van der Waals surface area contributed by atoms with Crippen molar-refractivity contribution in [2.75, 3.05) is 17.6 Å². The Morgan fingerprint density at radius 2 is 1.95 bits per heavy atom. The topological polar surface area (TPSA) is 37.8 Å². The minimum absolute atomic E-state index is 0.271. The molecule has 0 unspecified atom stereocenters. The third-order valence-corrected chi connectivity index (χ3v) is 4.39. The van der Waals surface area contributed by atoms with Gasteiger partial charge in [-0.15, -0.1) is 11.8 Å². The number of halogens is 1. The van der Waals surface area contributed by atoms with E-state index in [2.05, 4.69) is 46.5 Å². The van der Waals surface area contributed by atoms with E-state index in [0.29, 0.717) is 0 Å². The zero-order chi connectivity index (χ0) is 15.4. The van der Waals surface area contributed by atoms with Crippen molar-refractivity contribution in [3.63, 3.8) is 0 Å². The smallest absolute Gasteiger partial charge is 0.224 e. The average Bonchev–Trinajstić information content (AvgIpc) is 2.51. The van der Waals surface area contributed by atoms with Crippen LogP contribution in [0.15, 0.2) is 53.4 Å². The van der Waals surface area contributed by atoms with Gasteiger partial charge in [-0.2, -0.15) is 0 Å². The summed E-state index contributed by atoms with van der Waals surface area (Å²) in [5.74, 6) is 1.75. The molecule has 0 aliphatic carbocycles. The predicted molar refractivity (Wildman–Crippen MR) is 94.9 cm³/mol. The molecule has 3 aromatic rings. The first-order chi connectivity index (χ1) is 10.7. The van der Waals surface area contributed by atoms with Crippen molar-refractivity contribution in [1.29, 1.82) is 0 Å².